The Balaban J connectivity index is 2.45. The van der Waals surface area contributed by atoms with Crippen molar-refractivity contribution >= 4 is 12.2 Å². The third-order valence-corrected chi connectivity index (χ3v) is 1.43. The van der Waals surface area contributed by atoms with Gasteiger partial charge in [-0.25, -0.2) is 9.59 Å². The Kier molecular flexibility index (Phi) is 4.65. The van der Waals surface area contributed by atoms with Gasteiger partial charge in [0.15, 0.2) is 0 Å². The van der Waals surface area contributed by atoms with Crippen molar-refractivity contribution in [2.45, 2.75) is 6.92 Å². The highest BCUT2D eigenvalue weighted by atomic mass is 16.6. The first kappa shape index (κ1) is 11.8. The Morgan fingerprint density at radius 3 is 2.38 bits per heavy atom. The summed E-state index contributed by atoms with van der Waals surface area (Å²) in [6.45, 7) is 1.79. The monoisotopic (exact) mass is 222 g/mol. The number of ether oxygens (including phenoxy) is 2. The molecule has 0 aliphatic rings. The lowest BCUT2D eigenvalue weighted by Gasteiger charge is -1.97. The van der Waals surface area contributed by atoms with Gasteiger partial charge in [0.05, 0.1) is 6.61 Å². The number of hydrogen-bond donors (Lipinski definition) is 0. The van der Waals surface area contributed by atoms with Gasteiger partial charge in [0.25, 0.3) is 0 Å². The van der Waals surface area contributed by atoms with Crippen molar-refractivity contribution in [3.63, 3.8) is 0 Å². The standard InChI is InChI=1S/C10H10N2O4/c1-2-15-9(13)11-12-10(14)16-8-6-4-3-5-7-8/h3-7H,2H2,1H3/b12-11+. The van der Waals surface area contributed by atoms with E-state index >= 15 is 0 Å². The maximum Gasteiger partial charge on any atom is 0.458 e. The van der Waals surface area contributed by atoms with E-state index < -0.39 is 12.2 Å². The summed E-state index contributed by atoms with van der Waals surface area (Å²) in [5, 5.41) is 6.03. The van der Waals surface area contributed by atoms with Gasteiger partial charge in [-0.15, -0.1) is 0 Å². The predicted molar refractivity (Wildman–Crippen MR) is 54.3 cm³/mol. The van der Waals surface area contributed by atoms with Crippen molar-refractivity contribution in [1.82, 2.24) is 0 Å². The molecule has 16 heavy (non-hydrogen) atoms. The van der Waals surface area contributed by atoms with Gasteiger partial charge in [-0.1, -0.05) is 28.4 Å². The number of carbonyl (C=O) groups is 2. The lowest BCUT2D eigenvalue weighted by molar-refractivity contribution is 0.160. The molecule has 1 aromatic rings. The van der Waals surface area contributed by atoms with Gasteiger partial charge < -0.3 is 9.47 Å². The third-order valence-electron chi connectivity index (χ3n) is 1.43. The molecule has 0 N–H and O–H groups in total. The largest absolute Gasteiger partial charge is 0.458 e. The highest BCUT2D eigenvalue weighted by Gasteiger charge is 2.04. The fourth-order valence-corrected chi connectivity index (χ4v) is 0.844. The first-order chi connectivity index (χ1) is 7.72. The van der Waals surface area contributed by atoms with E-state index in [1.807, 2.05) is 0 Å². The fraction of sp³-hybridized carbons (Fsp3) is 0.200. The molecule has 6 heteroatoms. The molecule has 6 nitrogen and oxygen atoms in total. The Labute approximate surface area is 91.9 Å². The second-order valence-corrected chi connectivity index (χ2v) is 2.58. The zero-order valence-electron chi connectivity index (χ0n) is 8.62. The van der Waals surface area contributed by atoms with Crippen molar-refractivity contribution in [2.24, 2.45) is 10.2 Å². The van der Waals surface area contributed by atoms with E-state index in [2.05, 4.69) is 15.0 Å². The summed E-state index contributed by atoms with van der Waals surface area (Å²) in [7, 11) is 0. The molecule has 0 saturated carbocycles. The summed E-state index contributed by atoms with van der Waals surface area (Å²) in [6.07, 6.45) is -1.90. The third kappa shape index (κ3) is 4.32. The predicted octanol–water partition coefficient (Wildman–Crippen LogP) is 2.79. The Bertz CT molecular complexity index is 389. The van der Waals surface area contributed by atoms with Crippen LogP contribution in [0.2, 0.25) is 0 Å². The molecular formula is C10H10N2O4. The van der Waals surface area contributed by atoms with E-state index in [0.29, 0.717) is 5.75 Å². The summed E-state index contributed by atoms with van der Waals surface area (Å²) in [5.74, 6) is 0.329. The zero-order valence-corrected chi connectivity index (χ0v) is 8.62. The van der Waals surface area contributed by atoms with Crippen molar-refractivity contribution in [1.29, 1.82) is 0 Å². The normalized spacial score (nSPS) is 10.1. The second kappa shape index (κ2) is 6.28. The molecule has 0 aliphatic carbocycles. The minimum atomic E-state index is -0.973. The Hall–Kier alpha value is -2.24. The summed E-state index contributed by atoms with van der Waals surface area (Å²) in [4.78, 5) is 21.7. The molecule has 0 radical (unpaired) electrons. The topological polar surface area (TPSA) is 77.3 Å². The summed E-state index contributed by atoms with van der Waals surface area (Å²) in [5.41, 5.74) is 0. The van der Waals surface area contributed by atoms with Crippen molar-refractivity contribution in [3.05, 3.63) is 30.3 Å². The maximum atomic E-state index is 11.0. The van der Waals surface area contributed by atoms with Crippen LogP contribution in [0, 0.1) is 0 Å². The van der Waals surface area contributed by atoms with Crippen LogP contribution in [-0.2, 0) is 4.74 Å². The highest BCUT2D eigenvalue weighted by Crippen LogP contribution is 2.09. The molecule has 0 unspecified atom stereocenters. The van der Waals surface area contributed by atoms with E-state index in [-0.39, 0.29) is 6.61 Å². The fourth-order valence-electron chi connectivity index (χ4n) is 0.844. The number of rotatable bonds is 2. The number of nitrogens with zero attached hydrogens (tertiary/aromatic N) is 2. The van der Waals surface area contributed by atoms with Crippen LogP contribution in [0.1, 0.15) is 6.92 Å². The minimum absolute atomic E-state index is 0.172. The molecule has 0 aromatic heterocycles. The van der Waals surface area contributed by atoms with Gasteiger partial charge in [-0.2, -0.15) is 0 Å². The van der Waals surface area contributed by atoms with Gasteiger partial charge in [-0.05, 0) is 19.1 Å². The van der Waals surface area contributed by atoms with E-state index in [1.54, 1.807) is 37.3 Å². The van der Waals surface area contributed by atoms with E-state index in [9.17, 15) is 9.59 Å². The van der Waals surface area contributed by atoms with Gasteiger partial charge >= 0.3 is 12.2 Å². The van der Waals surface area contributed by atoms with Crippen LogP contribution in [0.15, 0.2) is 40.6 Å². The van der Waals surface area contributed by atoms with Crippen LogP contribution < -0.4 is 4.74 Å². The molecule has 0 fully saturated rings. The smallest absolute Gasteiger partial charge is 0.447 e. The molecule has 84 valence electrons. The van der Waals surface area contributed by atoms with E-state index in [4.69, 9.17) is 4.74 Å². The Morgan fingerprint density at radius 1 is 1.12 bits per heavy atom. The number of para-hydroxylation sites is 1. The lowest BCUT2D eigenvalue weighted by Crippen LogP contribution is -2.03. The lowest BCUT2D eigenvalue weighted by atomic mass is 10.3. The molecule has 1 aromatic carbocycles. The first-order valence-electron chi connectivity index (χ1n) is 4.57. The van der Waals surface area contributed by atoms with Gasteiger partial charge in [0, 0.05) is 0 Å². The van der Waals surface area contributed by atoms with Crippen molar-refractivity contribution in [3.8, 4) is 5.75 Å². The quantitative estimate of drug-likeness (QED) is 0.721. The number of azo groups is 1. The first-order valence-corrected chi connectivity index (χ1v) is 4.57. The minimum Gasteiger partial charge on any atom is -0.447 e. The van der Waals surface area contributed by atoms with E-state index in [0.717, 1.165) is 0 Å². The van der Waals surface area contributed by atoms with Gasteiger partial charge in [-0.3, -0.25) is 0 Å². The van der Waals surface area contributed by atoms with Gasteiger partial charge in [0.1, 0.15) is 5.75 Å². The van der Waals surface area contributed by atoms with Gasteiger partial charge in [0.2, 0.25) is 0 Å². The summed E-state index contributed by atoms with van der Waals surface area (Å²) >= 11 is 0. The highest BCUT2D eigenvalue weighted by molar-refractivity contribution is 5.74. The Morgan fingerprint density at radius 2 is 1.75 bits per heavy atom. The molecule has 2 amide bonds. The van der Waals surface area contributed by atoms with E-state index in [1.165, 1.54) is 0 Å². The summed E-state index contributed by atoms with van der Waals surface area (Å²) in [6, 6.07) is 8.34. The van der Waals surface area contributed by atoms with Crippen LogP contribution in [-0.4, -0.2) is 18.8 Å². The SMILES string of the molecule is CCOC(=O)/N=N/C(=O)Oc1ccccc1. The van der Waals surface area contributed by atoms with Crippen LogP contribution in [0.25, 0.3) is 0 Å². The molecule has 0 bridgehead atoms. The molecule has 0 saturated heterocycles. The van der Waals surface area contributed by atoms with Crippen molar-refractivity contribution < 1.29 is 19.1 Å². The van der Waals surface area contributed by atoms with Crippen molar-refractivity contribution in [2.75, 3.05) is 6.61 Å². The average molecular weight is 222 g/mol. The molecule has 0 atom stereocenters. The van der Waals surface area contributed by atoms with Crippen LogP contribution in [0.3, 0.4) is 0 Å². The average Bonchev–Trinajstić information content (AvgIpc) is 2.28. The molecule has 0 aliphatic heterocycles. The van der Waals surface area contributed by atoms with Crippen LogP contribution in [0.4, 0.5) is 9.59 Å². The number of benzene rings is 1. The number of carbonyl (C=O) groups excluding carboxylic acids is 2. The summed E-state index contributed by atoms with van der Waals surface area (Å²) < 4.78 is 9.17. The van der Waals surface area contributed by atoms with Crippen LogP contribution in [0.5, 0.6) is 5.75 Å². The number of amides is 2. The molecule has 0 heterocycles. The van der Waals surface area contributed by atoms with Crippen LogP contribution >= 0.6 is 0 Å². The molecule has 0 spiro atoms. The zero-order chi connectivity index (χ0) is 11.8. The molecule has 1 rings (SSSR count). The second-order valence-electron chi connectivity index (χ2n) is 2.58. The molecular weight excluding hydrogens is 212 g/mol. The maximum absolute atomic E-state index is 11.0. The number of hydrogen-bond acceptors (Lipinski definition) is 4.